The van der Waals surface area contributed by atoms with Crippen LogP contribution in [0.5, 0.6) is 0 Å². The van der Waals surface area contributed by atoms with Crippen LogP contribution >= 0.6 is 7.82 Å². The molecule has 0 amide bonds. The molecule has 0 aliphatic carbocycles. The van der Waals surface area contributed by atoms with Crippen molar-refractivity contribution < 1.29 is 37.3 Å². The highest BCUT2D eigenvalue weighted by atomic mass is 31.2. The third-order valence-electron chi connectivity index (χ3n) is 8.31. The number of nitrogens with zero attached hydrogens (tertiary/aromatic N) is 1. The largest absolute Gasteiger partial charge is 0.472 e. The van der Waals surface area contributed by atoms with Crippen LogP contribution in [0.15, 0.2) is 60.8 Å². The predicted molar refractivity (Wildman–Crippen MR) is 219 cm³/mol. The maximum absolute atomic E-state index is 12.7. The SMILES string of the molecule is CC/C=C\C/C=C\C/C=C\C/C=C\CCCOCC(COP(=O)(O)OCC[N+](C)(C)C)OC(=O)CCCCCCC/C=C\CCCCCCCCC. The molecule has 0 aromatic heterocycles. The molecule has 0 aromatic carbocycles. The molecule has 0 spiro atoms. The fourth-order valence-corrected chi connectivity index (χ4v) is 5.88. The van der Waals surface area contributed by atoms with Crippen LogP contribution in [0.2, 0.25) is 0 Å². The number of phosphoric ester groups is 1. The molecule has 0 aromatic rings. The first-order chi connectivity index (χ1) is 25.1. The molecule has 0 heterocycles. The van der Waals surface area contributed by atoms with Gasteiger partial charge in [0.1, 0.15) is 19.3 Å². The first-order valence-corrected chi connectivity index (χ1v) is 22.0. The van der Waals surface area contributed by atoms with Crippen LogP contribution in [-0.4, -0.2) is 75.6 Å². The molecule has 9 heteroatoms. The van der Waals surface area contributed by atoms with Gasteiger partial charge in [-0.1, -0.05) is 132 Å². The molecule has 0 radical (unpaired) electrons. The van der Waals surface area contributed by atoms with E-state index in [1.165, 1.54) is 57.8 Å². The second-order valence-corrected chi connectivity index (χ2v) is 16.1. The fraction of sp³-hybridized carbons (Fsp3) is 0.744. The van der Waals surface area contributed by atoms with Gasteiger partial charge in [-0.25, -0.2) is 4.57 Å². The molecule has 0 rings (SSSR count). The average molecular weight is 753 g/mol. The van der Waals surface area contributed by atoms with E-state index in [4.69, 9.17) is 18.5 Å². The number of unbranched alkanes of at least 4 members (excludes halogenated alkanes) is 13. The topological polar surface area (TPSA) is 91.3 Å². The smallest absolute Gasteiger partial charge is 0.457 e. The van der Waals surface area contributed by atoms with Crippen molar-refractivity contribution in [1.29, 1.82) is 0 Å². The number of quaternary nitrogens is 1. The molecule has 0 bridgehead atoms. The maximum Gasteiger partial charge on any atom is 0.472 e. The van der Waals surface area contributed by atoms with Crippen molar-refractivity contribution in [2.75, 3.05) is 54.1 Å². The normalized spacial score (nSPS) is 14.5. The van der Waals surface area contributed by atoms with Crippen LogP contribution in [0.25, 0.3) is 0 Å². The zero-order chi connectivity index (χ0) is 38.4. The summed E-state index contributed by atoms with van der Waals surface area (Å²) in [5.41, 5.74) is 0. The zero-order valence-corrected chi connectivity index (χ0v) is 34.9. The summed E-state index contributed by atoms with van der Waals surface area (Å²) >= 11 is 0. The Morgan fingerprint density at radius 3 is 1.69 bits per heavy atom. The van der Waals surface area contributed by atoms with Crippen LogP contribution in [-0.2, 0) is 27.9 Å². The Kier molecular flexibility index (Phi) is 34.9. The Hall–Kier alpha value is -1.80. The summed E-state index contributed by atoms with van der Waals surface area (Å²) in [5.74, 6) is -0.343. The molecule has 302 valence electrons. The van der Waals surface area contributed by atoms with Crippen molar-refractivity contribution in [3.63, 3.8) is 0 Å². The van der Waals surface area contributed by atoms with Crippen LogP contribution in [0.4, 0.5) is 0 Å². The number of carbonyl (C=O) groups excluding carboxylic acids is 1. The second-order valence-electron chi connectivity index (χ2n) is 14.6. The van der Waals surface area contributed by atoms with Crippen LogP contribution in [0.3, 0.4) is 0 Å². The highest BCUT2D eigenvalue weighted by molar-refractivity contribution is 7.47. The van der Waals surface area contributed by atoms with Gasteiger partial charge in [-0.05, 0) is 70.6 Å². The second kappa shape index (κ2) is 36.2. The van der Waals surface area contributed by atoms with Gasteiger partial charge in [-0.2, -0.15) is 0 Å². The van der Waals surface area contributed by atoms with Gasteiger partial charge in [0.25, 0.3) is 0 Å². The average Bonchev–Trinajstić information content (AvgIpc) is 3.09. The van der Waals surface area contributed by atoms with E-state index in [1.807, 2.05) is 21.1 Å². The maximum atomic E-state index is 12.7. The fourth-order valence-electron chi connectivity index (χ4n) is 5.14. The van der Waals surface area contributed by atoms with Gasteiger partial charge in [-0.3, -0.25) is 13.8 Å². The Balaban J connectivity index is 4.38. The third kappa shape index (κ3) is 39.4. The summed E-state index contributed by atoms with van der Waals surface area (Å²) in [7, 11) is 1.62. The molecule has 52 heavy (non-hydrogen) atoms. The number of rotatable bonds is 37. The van der Waals surface area contributed by atoms with E-state index in [1.54, 1.807) is 0 Å². The summed E-state index contributed by atoms with van der Waals surface area (Å²) in [6, 6.07) is 0. The minimum absolute atomic E-state index is 0.0745. The van der Waals surface area contributed by atoms with E-state index in [0.717, 1.165) is 70.6 Å². The molecule has 0 saturated carbocycles. The minimum atomic E-state index is -4.29. The molecule has 2 atom stereocenters. The highest BCUT2D eigenvalue weighted by Gasteiger charge is 2.26. The van der Waals surface area contributed by atoms with Gasteiger partial charge in [0.05, 0.1) is 34.4 Å². The van der Waals surface area contributed by atoms with Crippen molar-refractivity contribution in [3.8, 4) is 0 Å². The van der Waals surface area contributed by atoms with Gasteiger partial charge in [-0.15, -0.1) is 0 Å². The number of phosphoric acid groups is 1. The molecule has 8 nitrogen and oxygen atoms in total. The van der Waals surface area contributed by atoms with Crippen LogP contribution in [0, 0.1) is 0 Å². The summed E-state index contributed by atoms with van der Waals surface area (Å²) in [6.07, 6.45) is 44.1. The summed E-state index contributed by atoms with van der Waals surface area (Å²) in [6.45, 7) is 5.32. The monoisotopic (exact) mass is 753 g/mol. The Labute approximate surface area is 320 Å². The van der Waals surface area contributed by atoms with Crippen LogP contribution in [0.1, 0.15) is 149 Å². The number of hydrogen-bond donors (Lipinski definition) is 1. The summed E-state index contributed by atoms with van der Waals surface area (Å²) in [5, 5.41) is 0. The van der Waals surface area contributed by atoms with Crippen LogP contribution < -0.4 is 0 Å². The van der Waals surface area contributed by atoms with Gasteiger partial charge in [0.2, 0.25) is 0 Å². The van der Waals surface area contributed by atoms with Crippen molar-refractivity contribution >= 4 is 13.8 Å². The lowest BCUT2D eigenvalue weighted by atomic mass is 10.1. The molecule has 0 fully saturated rings. The van der Waals surface area contributed by atoms with Crippen molar-refractivity contribution in [1.82, 2.24) is 0 Å². The summed E-state index contributed by atoms with van der Waals surface area (Å²) < 4.78 is 34.8. The number of likely N-dealkylation sites (N-methyl/N-ethyl adjacent to an activating group) is 1. The molecule has 1 N–H and O–H groups in total. The lowest BCUT2D eigenvalue weighted by molar-refractivity contribution is -0.870. The number of allylic oxidation sites excluding steroid dienone is 10. The molecule has 0 saturated heterocycles. The first-order valence-electron chi connectivity index (χ1n) is 20.5. The van der Waals surface area contributed by atoms with Crippen molar-refractivity contribution in [2.45, 2.75) is 155 Å². The third-order valence-corrected chi connectivity index (χ3v) is 9.30. The van der Waals surface area contributed by atoms with Crippen molar-refractivity contribution in [3.05, 3.63) is 60.8 Å². The van der Waals surface area contributed by atoms with Gasteiger partial charge in [0.15, 0.2) is 0 Å². The molecule has 0 aliphatic rings. The number of carbonyl (C=O) groups is 1. The van der Waals surface area contributed by atoms with Gasteiger partial charge >= 0.3 is 13.8 Å². The van der Waals surface area contributed by atoms with E-state index < -0.39 is 13.9 Å². The van der Waals surface area contributed by atoms with E-state index in [-0.39, 0.29) is 25.8 Å². The van der Waals surface area contributed by atoms with E-state index in [0.29, 0.717) is 24.1 Å². The van der Waals surface area contributed by atoms with Gasteiger partial charge < -0.3 is 18.9 Å². The zero-order valence-electron chi connectivity index (χ0n) is 34.0. The summed E-state index contributed by atoms with van der Waals surface area (Å²) in [4.78, 5) is 22.8. The Bertz CT molecular complexity index is 1020. The molecular weight excluding hydrogens is 673 g/mol. The standard InChI is InChI=1S/C43H78NO7P/c1-6-8-10-12-14-16-18-20-22-23-24-26-28-30-32-34-36-43(45)51-42(41-50-52(46,47)49-39-37-44(3,4)5)40-48-38-35-33-31-29-27-25-21-19-17-15-13-11-9-7-2/h9,11,15,17,21-23,25,29,31,42H,6-8,10,12-14,16,18-20,24,26-28,30,32-41H2,1-5H3/p+1/b11-9-,17-15-,23-22-,25-21-,31-29-. The quantitative estimate of drug-likeness (QED) is 0.0222. The Morgan fingerprint density at radius 1 is 0.615 bits per heavy atom. The number of ether oxygens (including phenoxy) is 2. The molecule has 0 aliphatic heterocycles. The number of hydrogen-bond acceptors (Lipinski definition) is 6. The van der Waals surface area contributed by atoms with E-state index in [2.05, 4.69) is 74.6 Å². The van der Waals surface area contributed by atoms with Gasteiger partial charge in [0, 0.05) is 13.0 Å². The minimum Gasteiger partial charge on any atom is -0.457 e. The first kappa shape index (κ1) is 50.2. The number of esters is 1. The lowest BCUT2D eigenvalue weighted by Gasteiger charge is -2.24. The lowest BCUT2D eigenvalue weighted by Crippen LogP contribution is -2.37. The predicted octanol–water partition coefficient (Wildman–Crippen LogP) is 11.8. The molecular formula is C43H79NO7P+. The van der Waals surface area contributed by atoms with Crippen molar-refractivity contribution in [2.24, 2.45) is 0 Å². The van der Waals surface area contributed by atoms with E-state index >= 15 is 0 Å². The highest BCUT2D eigenvalue weighted by Crippen LogP contribution is 2.43. The molecule has 2 unspecified atom stereocenters. The van der Waals surface area contributed by atoms with E-state index in [9.17, 15) is 14.3 Å². The Morgan fingerprint density at radius 2 is 1.12 bits per heavy atom.